The van der Waals surface area contributed by atoms with Gasteiger partial charge in [-0.25, -0.2) is 0 Å². The molecule has 0 radical (unpaired) electrons. The Labute approximate surface area is 77.4 Å². The van der Waals surface area contributed by atoms with Crippen LogP contribution in [0.4, 0.5) is 0 Å². The van der Waals surface area contributed by atoms with Crippen LogP contribution in [0.15, 0.2) is 35.8 Å². The summed E-state index contributed by atoms with van der Waals surface area (Å²) in [5, 5.41) is 2.99. The first-order chi connectivity index (χ1) is 6.29. The van der Waals surface area contributed by atoms with Crippen LogP contribution in [0.1, 0.15) is 12.8 Å². The minimum absolute atomic E-state index is 0.176. The summed E-state index contributed by atoms with van der Waals surface area (Å²) in [4.78, 5) is 13.2. The lowest BCUT2D eigenvalue weighted by molar-refractivity contribution is -0.127. The molecule has 0 unspecified atom stereocenters. The number of hydrogen-bond donors (Lipinski definition) is 1. The molecule has 0 spiro atoms. The van der Waals surface area contributed by atoms with Crippen molar-refractivity contribution in [1.82, 2.24) is 10.2 Å². The van der Waals surface area contributed by atoms with Gasteiger partial charge >= 0.3 is 0 Å². The number of fused-ring (bicyclic) bond motifs is 1. The second kappa shape index (κ2) is 3.09. The zero-order valence-corrected chi connectivity index (χ0v) is 7.58. The Hall–Kier alpha value is -1.51. The summed E-state index contributed by atoms with van der Waals surface area (Å²) >= 11 is 0. The second-order valence-electron chi connectivity index (χ2n) is 3.18. The molecule has 0 bridgehead atoms. The minimum atomic E-state index is 0.176. The SMILES string of the molecule is CN1C(=O)CCC=C2C=CNC=C21. The van der Waals surface area contributed by atoms with Crippen molar-refractivity contribution in [2.45, 2.75) is 12.8 Å². The Morgan fingerprint density at radius 3 is 3.23 bits per heavy atom. The van der Waals surface area contributed by atoms with Gasteiger partial charge in [0.1, 0.15) is 0 Å². The minimum Gasteiger partial charge on any atom is -0.366 e. The van der Waals surface area contributed by atoms with Crippen molar-refractivity contribution in [2.24, 2.45) is 0 Å². The van der Waals surface area contributed by atoms with Crippen LogP contribution < -0.4 is 5.32 Å². The van der Waals surface area contributed by atoms with Crippen molar-refractivity contribution in [1.29, 1.82) is 0 Å². The summed E-state index contributed by atoms with van der Waals surface area (Å²) in [5.41, 5.74) is 2.09. The molecule has 0 atom stereocenters. The molecule has 0 fully saturated rings. The number of carbonyl (C=O) groups is 1. The molecule has 3 heteroatoms. The third kappa shape index (κ3) is 1.37. The Morgan fingerprint density at radius 1 is 1.54 bits per heavy atom. The molecule has 1 amide bonds. The molecule has 0 aliphatic carbocycles. The van der Waals surface area contributed by atoms with Crippen LogP contribution in [-0.4, -0.2) is 17.9 Å². The molecule has 2 rings (SSSR count). The van der Waals surface area contributed by atoms with E-state index in [4.69, 9.17) is 0 Å². The van der Waals surface area contributed by atoms with Crippen molar-refractivity contribution in [3.63, 3.8) is 0 Å². The van der Waals surface area contributed by atoms with Crippen LogP contribution in [0, 0.1) is 0 Å². The number of hydrogen-bond acceptors (Lipinski definition) is 2. The van der Waals surface area contributed by atoms with Gasteiger partial charge in [0, 0.05) is 25.9 Å². The van der Waals surface area contributed by atoms with Crippen LogP contribution in [0.25, 0.3) is 0 Å². The van der Waals surface area contributed by atoms with Gasteiger partial charge in [0.15, 0.2) is 0 Å². The largest absolute Gasteiger partial charge is 0.366 e. The average molecular weight is 176 g/mol. The maximum absolute atomic E-state index is 11.5. The molecule has 0 aromatic carbocycles. The Bertz CT molecular complexity index is 326. The van der Waals surface area contributed by atoms with E-state index in [2.05, 4.69) is 11.4 Å². The number of carbonyl (C=O) groups excluding carboxylic acids is 1. The van der Waals surface area contributed by atoms with E-state index in [1.54, 1.807) is 4.90 Å². The van der Waals surface area contributed by atoms with E-state index in [0.717, 1.165) is 17.7 Å². The third-order valence-corrected chi connectivity index (χ3v) is 2.33. The van der Waals surface area contributed by atoms with E-state index in [1.807, 2.05) is 25.5 Å². The number of dihydropyridines is 1. The maximum Gasteiger partial charge on any atom is 0.227 e. The topological polar surface area (TPSA) is 32.3 Å². The van der Waals surface area contributed by atoms with Gasteiger partial charge in [-0.15, -0.1) is 0 Å². The molecule has 0 aromatic rings. The average Bonchev–Trinajstić information content (AvgIpc) is 2.29. The van der Waals surface area contributed by atoms with Crippen LogP contribution in [-0.2, 0) is 4.79 Å². The van der Waals surface area contributed by atoms with Gasteiger partial charge in [0.2, 0.25) is 5.91 Å². The van der Waals surface area contributed by atoms with E-state index in [9.17, 15) is 4.79 Å². The summed E-state index contributed by atoms with van der Waals surface area (Å²) in [6.07, 6.45) is 9.26. The third-order valence-electron chi connectivity index (χ3n) is 2.33. The zero-order valence-electron chi connectivity index (χ0n) is 7.58. The molecule has 0 saturated heterocycles. The van der Waals surface area contributed by atoms with Gasteiger partial charge in [-0.1, -0.05) is 6.08 Å². The number of amides is 1. The van der Waals surface area contributed by atoms with Crippen LogP contribution in [0.5, 0.6) is 0 Å². The Balaban J connectivity index is 2.37. The fourth-order valence-corrected chi connectivity index (χ4v) is 1.55. The molecular weight excluding hydrogens is 164 g/mol. The number of rotatable bonds is 0. The highest BCUT2D eigenvalue weighted by atomic mass is 16.2. The fraction of sp³-hybridized carbons (Fsp3) is 0.300. The fourth-order valence-electron chi connectivity index (χ4n) is 1.55. The van der Waals surface area contributed by atoms with Crippen molar-refractivity contribution in [2.75, 3.05) is 7.05 Å². The van der Waals surface area contributed by atoms with Crippen molar-refractivity contribution < 1.29 is 4.79 Å². The van der Waals surface area contributed by atoms with E-state index in [1.165, 1.54) is 0 Å². The summed E-state index contributed by atoms with van der Waals surface area (Å²) in [7, 11) is 1.81. The Morgan fingerprint density at radius 2 is 2.38 bits per heavy atom. The number of nitrogens with one attached hydrogen (secondary N) is 1. The van der Waals surface area contributed by atoms with Gasteiger partial charge in [0.25, 0.3) is 0 Å². The summed E-state index contributed by atoms with van der Waals surface area (Å²) in [6.45, 7) is 0. The van der Waals surface area contributed by atoms with E-state index in [0.29, 0.717) is 6.42 Å². The van der Waals surface area contributed by atoms with E-state index in [-0.39, 0.29) is 5.91 Å². The zero-order chi connectivity index (χ0) is 9.26. The molecule has 2 aliphatic rings. The lowest BCUT2D eigenvalue weighted by Crippen LogP contribution is -2.27. The Kier molecular flexibility index (Phi) is 1.93. The first-order valence-electron chi connectivity index (χ1n) is 4.39. The van der Waals surface area contributed by atoms with Crippen molar-refractivity contribution in [3.05, 3.63) is 35.8 Å². The van der Waals surface area contributed by atoms with Gasteiger partial charge in [-0.3, -0.25) is 4.79 Å². The maximum atomic E-state index is 11.5. The first kappa shape index (κ1) is 8.10. The monoisotopic (exact) mass is 176 g/mol. The van der Waals surface area contributed by atoms with Crippen LogP contribution in [0.2, 0.25) is 0 Å². The molecule has 2 heterocycles. The van der Waals surface area contributed by atoms with Crippen LogP contribution in [0.3, 0.4) is 0 Å². The highest BCUT2D eigenvalue weighted by Gasteiger charge is 2.19. The molecule has 13 heavy (non-hydrogen) atoms. The van der Waals surface area contributed by atoms with E-state index < -0.39 is 0 Å². The predicted molar refractivity (Wildman–Crippen MR) is 50.4 cm³/mol. The van der Waals surface area contributed by atoms with Gasteiger partial charge in [-0.2, -0.15) is 0 Å². The summed E-state index contributed by atoms with van der Waals surface area (Å²) in [6, 6.07) is 0. The molecular formula is C10H12N2O. The van der Waals surface area contributed by atoms with Crippen molar-refractivity contribution >= 4 is 5.91 Å². The molecule has 68 valence electrons. The molecule has 1 N–H and O–H groups in total. The molecule has 3 nitrogen and oxygen atoms in total. The molecule has 0 aromatic heterocycles. The van der Waals surface area contributed by atoms with E-state index >= 15 is 0 Å². The van der Waals surface area contributed by atoms with Crippen molar-refractivity contribution in [3.8, 4) is 0 Å². The van der Waals surface area contributed by atoms with Gasteiger partial charge < -0.3 is 10.2 Å². The highest BCUT2D eigenvalue weighted by Crippen LogP contribution is 2.22. The second-order valence-corrected chi connectivity index (χ2v) is 3.18. The van der Waals surface area contributed by atoms with Crippen LogP contribution >= 0.6 is 0 Å². The standard InChI is InChI=1S/C10H12N2O/c1-12-9-7-11-6-5-8(9)3-2-4-10(12)13/h3,5-7,11H,2,4H2,1H3. The number of allylic oxidation sites excluding steroid dienone is 2. The highest BCUT2D eigenvalue weighted by molar-refractivity contribution is 5.80. The summed E-state index contributed by atoms with van der Waals surface area (Å²) < 4.78 is 0. The normalized spacial score (nSPS) is 21.3. The lowest BCUT2D eigenvalue weighted by Gasteiger charge is -2.21. The molecule has 0 saturated carbocycles. The number of nitrogens with zero attached hydrogens (tertiary/aromatic N) is 1. The predicted octanol–water partition coefficient (Wildman–Crippen LogP) is 1.12. The molecule has 2 aliphatic heterocycles. The summed E-state index contributed by atoms with van der Waals surface area (Å²) in [5.74, 6) is 0.176. The smallest absolute Gasteiger partial charge is 0.227 e. The lowest BCUT2D eigenvalue weighted by atomic mass is 10.1. The number of likely N-dealkylation sites (N-methyl/N-ethyl adjacent to an activating group) is 1. The van der Waals surface area contributed by atoms with Gasteiger partial charge in [0.05, 0.1) is 5.70 Å². The first-order valence-corrected chi connectivity index (χ1v) is 4.39. The quantitative estimate of drug-likeness (QED) is 0.600. The van der Waals surface area contributed by atoms with Gasteiger partial charge in [-0.05, 0) is 18.1 Å².